The lowest BCUT2D eigenvalue weighted by molar-refractivity contribution is -0.130. The highest BCUT2D eigenvalue weighted by Crippen LogP contribution is 2.37. The van der Waals surface area contributed by atoms with E-state index in [-0.39, 0.29) is 11.9 Å². The van der Waals surface area contributed by atoms with E-state index in [9.17, 15) is 4.79 Å². The molecule has 10 nitrogen and oxygen atoms in total. The Morgan fingerprint density at radius 3 is 2.79 bits per heavy atom. The molecule has 1 aliphatic rings. The summed E-state index contributed by atoms with van der Waals surface area (Å²) in [6, 6.07) is 2.30. The Balaban J connectivity index is 1.39. The summed E-state index contributed by atoms with van der Waals surface area (Å²) >= 11 is 0. The Morgan fingerprint density at radius 2 is 2.00 bits per heavy atom. The van der Waals surface area contributed by atoms with Crippen molar-refractivity contribution in [1.82, 2.24) is 34.0 Å². The van der Waals surface area contributed by atoms with Gasteiger partial charge in [-0.15, -0.1) is 0 Å². The fourth-order valence-corrected chi connectivity index (χ4v) is 4.71. The number of pyridine rings is 1. The van der Waals surface area contributed by atoms with E-state index in [0.717, 1.165) is 53.8 Å². The minimum Gasteiger partial charge on any atom is -0.451 e. The topological polar surface area (TPSA) is 106 Å². The van der Waals surface area contributed by atoms with Gasteiger partial charge in [-0.2, -0.15) is 5.10 Å². The third-order valence-electron chi connectivity index (χ3n) is 6.56. The molecule has 5 aromatic heterocycles. The van der Waals surface area contributed by atoms with Crippen LogP contribution in [-0.4, -0.2) is 60.1 Å². The van der Waals surface area contributed by atoms with Crippen LogP contribution in [0.15, 0.2) is 53.9 Å². The number of likely N-dealkylation sites (tertiary alicyclic amines) is 1. The van der Waals surface area contributed by atoms with Crippen molar-refractivity contribution in [1.29, 1.82) is 0 Å². The summed E-state index contributed by atoms with van der Waals surface area (Å²) in [7, 11) is 1.83. The lowest BCUT2D eigenvalue weighted by Crippen LogP contribution is -2.37. The van der Waals surface area contributed by atoms with E-state index in [1.165, 1.54) is 0 Å². The minimum absolute atomic E-state index is 0.135. The number of imidazole rings is 1. The van der Waals surface area contributed by atoms with E-state index >= 15 is 0 Å². The molecule has 5 aromatic rings. The molecule has 0 bridgehead atoms. The fraction of sp³-hybridized carbons (Fsp3) is 0.292. The molecule has 34 heavy (non-hydrogen) atoms. The van der Waals surface area contributed by atoms with E-state index in [1.807, 2.05) is 45.7 Å². The number of carbonyl (C=O) groups excluding carboxylic acids is 1. The van der Waals surface area contributed by atoms with Gasteiger partial charge < -0.3 is 14.6 Å². The third-order valence-corrected chi connectivity index (χ3v) is 6.56. The zero-order chi connectivity index (χ0) is 23.2. The second-order valence-electron chi connectivity index (χ2n) is 8.52. The zero-order valence-corrected chi connectivity index (χ0v) is 19.0. The molecule has 0 spiro atoms. The maximum absolute atomic E-state index is 11.6. The van der Waals surface area contributed by atoms with Crippen molar-refractivity contribution in [2.24, 2.45) is 0 Å². The highest BCUT2D eigenvalue weighted by atomic mass is 16.3. The second kappa shape index (κ2) is 7.98. The van der Waals surface area contributed by atoms with Gasteiger partial charge in [0, 0.05) is 68.4 Å². The molecule has 1 amide bonds. The van der Waals surface area contributed by atoms with Crippen LogP contribution in [0.2, 0.25) is 0 Å². The molecular formula is C24H24N8O2. The number of amides is 1. The summed E-state index contributed by atoms with van der Waals surface area (Å²) in [5.41, 5.74) is 4.20. The number of furan rings is 1. The summed E-state index contributed by atoms with van der Waals surface area (Å²) in [6.07, 6.45) is 14.7. The van der Waals surface area contributed by atoms with E-state index < -0.39 is 0 Å². The van der Waals surface area contributed by atoms with Crippen molar-refractivity contribution in [2.75, 3.05) is 25.5 Å². The number of carbonyl (C=O) groups is 1. The number of piperidine rings is 1. The van der Waals surface area contributed by atoms with Gasteiger partial charge >= 0.3 is 0 Å². The smallest absolute Gasteiger partial charge is 0.219 e. The molecule has 1 N–H and O–H groups in total. The Bertz CT molecular complexity index is 1510. The summed E-state index contributed by atoms with van der Waals surface area (Å²) in [6.45, 7) is 3.15. The molecule has 1 saturated heterocycles. The van der Waals surface area contributed by atoms with Gasteiger partial charge in [0.15, 0.2) is 22.8 Å². The average molecular weight is 457 g/mol. The van der Waals surface area contributed by atoms with Crippen molar-refractivity contribution >= 4 is 28.3 Å². The van der Waals surface area contributed by atoms with Crippen LogP contribution < -0.4 is 5.32 Å². The van der Waals surface area contributed by atoms with Crippen molar-refractivity contribution < 1.29 is 9.21 Å². The summed E-state index contributed by atoms with van der Waals surface area (Å²) in [4.78, 5) is 26.7. The first-order chi connectivity index (χ1) is 16.6. The first-order valence-electron chi connectivity index (χ1n) is 11.3. The summed E-state index contributed by atoms with van der Waals surface area (Å²) < 4.78 is 10.3. The monoisotopic (exact) mass is 456 g/mol. The number of nitrogens with one attached hydrogen (secondary N) is 1. The highest BCUT2D eigenvalue weighted by molar-refractivity contribution is 6.00. The number of rotatable bonds is 4. The van der Waals surface area contributed by atoms with Gasteiger partial charge in [-0.3, -0.25) is 18.9 Å². The van der Waals surface area contributed by atoms with Crippen molar-refractivity contribution in [3.63, 3.8) is 0 Å². The highest BCUT2D eigenvalue weighted by Gasteiger charge is 2.23. The number of nitrogens with zero attached hydrogens (tertiary/aromatic N) is 7. The standard InChI is InChI=1S/C24H24N8O2/c1-15(33)30-6-3-17(4-7-30)32-14-16(10-29-32)19-11-28-24(25-2)23-18(19)9-21(34-23)20-12-27-22-13-26-5-8-31(20)22/h5,8-14,17H,3-4,6-7H2,1-2H3,(H,25,28). The molecule has 0 atom stereocenters. The first-order valence-corrected chi connectivity index (χ1v) is 11.3. The number of fused-ring (bicyclic) bond motifs is 2. The van der Waals surface area contributed by atoms with E-state index in [2.05, 4.69) is 31.6 Å². The fourth-order valence-electron chi connectivity index (χ4n) is 4.71. The number of aromatic nitrogens is 6. The predicted octanol–water partition coefficient (Wildman–Crippen LogP) is 3.63. The van der Waals surface area contributed by atoms with E-state index in [1.54, 1.807) is 25.5 Å². The van der Waals surface area contributed by atoms with Gasteiger partial charge in [-0.25, -0.2) is 9.97 Å². The first kappa shape index (κ1) is 20.4. The molecular weight excluding hydrogens is 432 g/mol. The SMILES string of the molecule is CNc1ncc(-c2cnn(C3CCN(C(C)=O)CC3)c2)c2cc(-c3cnc4cnccn34)oc12. The third kappa shape index (κ3) is 3.30. The maximum Gasteiger partial charge on any atom is 0.219 e. The van der Waals surface area contributed by atoms with E-state index in [4.69, 9.17) is 4.42 Å². The second-order valence-corrected chi connectivity index (χ2v) is 8.52. The van der Waals surface area contributed by atoms with Crippen molar-refractivity contribution in [3.05, 3.63) is 49.4 Å². The van der Waals surface area contributed by atoms with Crippen LogP contribution in [-0.2, 0) is 4.79 Å². The van der Waals surface area contributed by atoms with Crippen molar-refractivity contribution in [2.45, 2.75) is 25.8 Å². The minimum atomic E-state index is 0.135. The van der Waals surface area contributed by atoms with Crippen LogP contribution in [0.5, 0.6) is 0 Å². The van der Waals surface area contributed by atoms with Crippen molar-refractivity contribution in [3.8, 4) is 22.6 Å². The molecule has 0 aliphatic carbocycles. The van der Waals surface area contributed by atoms with E-state index in [0.29, 0.717) is 17.2 Å². The normalized spacial score (nSPS) is 14.8. The molecule has 1 aliphatic heterocycles. The van der Waals surface area contributed by atoms with Crippen LogP contribution in [0.3, 0.4) is 0 Å². The number of hydrogen-bond donors (Lipinski definition) is 1. The van der Waals surface area contributed by atoms with Gasteiger partial charge in [-0.05, 0) is 18.9 Å². The van der Waals surface area contributed by atoms with Crippen LogP contribution in [0.1, 0.15) is 25.8 Å². The Hall–Kier alpha value is -4.21. The van der Waals surface area contributed by atoms with Gasteiger partial charge in [-0.1, -0.05) is 0 Å². The van der Waals surface area contributed by atoms with Gasteiger partial charge in [0.25, 0.3) is 0 Å². The molecule has 0 aromatic carbocycles. The molecule has 10 heteroatoms. The maximum atomic E-state index is 11.6. The molecule has 6 heterocycles. The van der Waals surface area contributed by atoms with Gasteiger partial charge in [0.2, 0.25) is 5.91 Å². The largest absolute Gasteiger partial charge is 0.451 e. The molecule has 6 rings (SSSR count). The van der Waals surface area contributed by atoms with Crippen LogP contribution >= 0.6 is 0 Å². The lowest BCUT2D eigenvalue weighted by Gasteiger charge is -2.31. The summed E-state index contributed by atoms with van der Waals surface area (Å²) in [5.74, 6) is 1.50. The zero-order valence-electron chi connectivity index (χ0n) is 19.0. The Morgan fingerprint density at radius 1 is 1.15 bits per heavy atom. The predicted molar refractivity (Wildman–Crippen MR) is 127 cm³/mol. The molecule has 0 unspecified atom stereocenters. The van der Waals surface area contributed by atoms with Crippen LogP contribution in [0.4, 0.5) is 5.82 Å². The number of anilines is 1. The molecule has 0 radical (unpaired) electrons. The Labute approximate surface area is 195 Å². The Kier molecular flexibility index (Phi) is 4.79. The van der Waals surface area contributed by atoms with Crippen LogP contribution in [0.25, 0.3) is 39.2 Å². The quantitative estimate of drug-likeness (QED) is 0.440. The lowest BCUT2D eigenvalue weighted by atomic mass is 10.0. The molecule has 1 fully saturated rings. The van der Waals surface area contributed by atoms with Gasteiger partial charge in [0.05, 0.1) is 24.6 Å². The molecule has 172 valence electrons. The average Bonchev–Trinajstić information content (AvgIpc) is 3.61. The number of hydrogen-bond acceptors (Lipinski definition) is 7. The van der Waals surface area contributed by atoms with Crippen LogP contribution in [0, 0.1) is 0 Å². The molecule has 0 saturated carbocycles. The summed E-state index contributed by atoms with van der Waals surface area (Å²) in [5, 5.41) is 8.72. The van der Waals surface area contributed by atoms with Gasteiger partial charge in [0.1, 0.15) is 5.69 Å².